The van der Waals surface area contributed by atoms with Gasteiger partial charge in [-0.1, -0.05) is 61.0 Å². The third-order valence-electron chi connectivity index (χ3n) is 3.36. The third kappa shape index (κ3) is 1.76. The summed E-state index contributed by atoms with van der Waals surface area (Å²) in [6, 6.07) is 19.5. The van der Waals surface area contributed by atoms with Gasteiger partial charge in [0.25, 0.3) is 0 Å². The third-order valence-corrected chi connectivity index (χ3v) is 3.36. The summed E-state index contributed by atoms with van der Waals surface area (Å²) in [5.41, 5.74) is 4.04. The predicted octanol–water partition coefficient (Wildman–Crippen LogP) is 4.46. The first-order valence-corrected chi connectivity index (χ1v) is 5.94. The maximum absolute atomic E-state index is 2.26. The molecule has 0 spiro atoms. The van der Waals surface area contributed by atoms with Crippen LogP contribution in [0, 0.1) is 5.92 Å². The quantitative estimate of drug-likeness (QED) is 0.682. The molecule has 0 unspecified atom stereocenters. The van der Waals surface area contributed by atoms with Gasteiger partial charge in [-0.3, -0.25) is 0 Å². The minimum Gasteiger partial charge on any atom is -0.0622 e. The van der Waals surface area contributed by atoms with Gasteiger partial charge in [-0.15, -0.1) is 0 Å². The number of benzene rings is 2. The summed E-state index contributed by atoms with van der Waals surface area (Å²) in [5, 5.41) is 0. The van der Waals surface area contributed by atoms with Crippen LogP contribution in [0.4, 0.5) is 0 Å². The molecule has 0 aliphatic heterocycles. The van der Waals surface area contributed by atoms with Crippen LogP contribution in [-0.2, 0) is 0 Å². The highest BCUT2D eigenvalue weighted by atomic mass is 14.2. The topological polar surface area (TPSA) is 0 Å². The number of hydrogen-bond donors (Lipinski definition) is 0. The molecule has 3 rings (SSSR count). The predicted molar refractivity (Wildman–Crippen MR) is 68.1 cm³/mol. The van der Waals surface area contributed by atoms with Crippen molar-refractivity contribution in [3.05, 3.63) is 66.1 Å². The summed E-state index contributed by atoms with van der Waals surface area (Å²) in [7, 11) is 0. The molecule has 1 saturated carbocycles. The van der Waals surface area contributed by atoms with Gasteiger partial charge in [0.05, 0.1) is 0 Å². The first-order valence-electron chi connectivity index (χ1n) is 5.94. The summed E-state index contributed by atoms with van der Waals surface area (Å²) in [4.78, 5) is 0. The van der Waals surface area contributed by atoms with E-state index in [4.69, 9.17) is 0 Å². The fourth-order valence-electron chi connectivity index (χ4n) is 2.17. The molecule has 0 N–H and O–H groups in total. The maximum atomic E-state index is 2.26. The van der Waals surface area contributed by atoms with E-state index >= 15 is 0 Å². The molecule has 0 atom stereocenters. The molecule has 0 aromatic heterocycles. The van der Waals surface area contributed by atoms with Gasteiger partial charge in [0.1, 0.15) is 0 Å². The van der Waals surface area contributed by atoms with Gasteiger partial charge in [0.2, 0.25) is 0 Å². The van der Waals surface area contributed by atoms with Crippen molar-refractivity contribution in [1.82, 2.24) is 0 Å². The van der Waals surface area contributed by atoms with Gasteiger partial charge >= 0.3 is 0 Å². The SMILES string of the molecule is c1ccc(-c2ccc([C]3CCC3)cc2)cc1. The zero-order valence-corrected chi connectivity index (χ0v) is 9.32. The zero-order valence-electron chi connectivity index (χ0n) is 9.32. The average Bonchev–Trinajstić information content (AvgIpc) is 2.29. The second-order valence-corrected chi connectivity index (χ2v) is 4.40. The fraction of sp³-hybridized carbons (Fsp3) is 0.188. The lowest BCUT2D eigenvalue weighted by molar-refractivity contribution is 0.577. The van der Waals surface area contributed by atoms with Crippen molar-refractivity contribution in [2.24, 2.45) is 0 Å². The molecule has 2 aromatic carbocycles. The Hall–Kier alpha value is -1.56. The highest BCUT2D eigenvalue weighted by Crippen LogP contribution is 2.35. The Morgan fingerprint density at radius 2 is 1.12 bits per heavy atom. The lowest BCUT2D eigenvalue weighted by Gasteiger charge is -2.25. The molecular formula is C16H15. The highest BCUT2D eigenvalue weighted by Gasteiger charge is 2.19. The van der Waals surface area contributed by atoms with Crippen molar-refractivity contribution in [2.45, 2.75) is 19.3 Å². The first-order chi connectivity index (χ1) is 7.93. The van der Waals surface area contributed by atoms with Gasteiger partial charge < -0.3 is 0 Å². The van der Waals surface area contributed by atoms with Crippen molar-refractivity contribution in [2.75, 3.05) is 0 Å². The smallest absolute Gasteiger partial charge is 0.00498 e. The molecular weight excluding hydrogens is 192 g/mol. The monoisotopic (exact) mass is 207 g/mol. The van der Waals surface area contributed by atoms with Crippen LogP contribution in [0.25, 0.3) is 11.1 Å². The normalized spacial score (nSPS) is 15.8. The molecule has 1 aliphatic rings. The summed E-state index contributed by atoms with van der Waals surface area (Å²) >= 11 is 0. The van der Waals surface area contributed by atoms with E-state index in [1.54, 1.807) is 5.92 Å². The molecule has 1 radical (unpaired) electrons. The molecule has 0 bridgehead atoms. The maximum Gasteiger partial charge on any atom is 0.00498 e. The largest absolute Gasteiger partial charge is 0.0622 e. The minimum atomic E-state index is 1.30. The van der Waals surface area contributed by atoms with Crippen LogP contribution in [0.5, 0.6) is 0 Å². The Morgan fingerprint density at radius 1 is 0.562 bits per heavy atom. The molecule has 79 valence electrons. The second kappa shape index (κ2) is 4.13. The van der Waals surface area contributed by atoms with Crippen LogP contribution in [0.2, 0.25) is 0 Å². The molecule has 16 heavy (non-hydrogen) atoms. The van der Waals surface area contributed by atoms with E-state index in [1.165, 1.54) is 36.0 Å². The zero-order chi connectivity index (χ0) is 10.8. The van der Waals surface area contributed by atoms with E-state index in [9.17, 15) is 0 Å². The van der Waals surface area contributed by atoms with Gasteiger partial charge in [-0.05, 0) is 29.5 Å². The molecule has 0 heterocycles. The van der Waals surface area contributed by atoms with E-state index in [2.05, 4.69) is 54.6 Å². The molecule has 0 amide bonds. The van der Waals surface area contributed by atoms with Crippen LogP contribution >= 0.6 is 0 Å². The van der Waals surface area contributed by atoms with Crippen molar-refractivity contribution < 1.29 is 0 Å². The molecule has 0 heteroatoms. The van der Waals surface area contributed by atoms with Gasteiger partial charge in [-0.25, -0.2) is 0 Å². The Bertz CT molecular complexity index is 449. The van der Waals surface area contributed by atoms with Crippen LogP contribution in [-0.4, -0.2) is 0 Å². The van der Waals surface area contributed by atoms with Crippen molar-refractivity contribution >= 4 is 0 Å². The molecule has 1 fully saturated rings. The summed E-state index contributed by atoms with van der Waals surface area (Å²) < 4.78 is 0. The Balaban J connectivity index is 1.87. The number of hydrogen-bond acceptors (Lipinski definition) is 0. The lowest BCUT2D eigenvalue weighted by atomic mass is 9.80. The Labute approximate surface area is 96.9 Å². The van der Waals surface area contributed by atoms with E-state index < -0.39 is 0 Å². The fourth-order valence-corrected chi connectivity index (χ4v) is 2.17. The molecule has 0 saturated heterocycles. The molecule has 1 aliphatic carbocycles. The molecule has 2 aromatic rings. The summed E-state index contributed by atoms with van der Waals surface area (Å²) in [5.74, 6) is 1.62. The van der Waals surface area contributed by atoms with Crippen molar-refractivity contribution in [3.63, 3.8) is 0 Å². The van der Waals surface area contributed by atoms with E-state index in [0.29, 0.717) is 0 Å². The highest BCUT2D eigenvalue weighted by molar-refractivity contribution is 5.64. The summed E-state index contributed by atoms with van der Waals surface area (Å²) in [6.07, 6.45) is 3.96. The van der Waals surface area contributed by atoms with Gasteiger partial charge in [-0.2, -0.15) is 0 Å². The van der Waals surface area contributed by atoms with Crippen molar-refractivity contribution in [1.29, 1.82) is 0 Å². The van der Waals surface area contributed by atoms with E-state index in [0.717, 1.165) is 0 Å². The van der Waals surface area contributed by atoms with E-state index in [-0.39, 0.29) is 0 Å². The van der Waals surface area contributed by atoms with Gasteiger partial charge in [0.15, 0.2) is 0 Å². The average molecular weight is 207 g/mol. The van der Waals surface area contributed by atoms with Crippen LogP contribution in [0.1, 0.15) is 24.8 Å². The Morgan fingerprint density at radius 3 is 1.69 bits per heavy atom. The van der Waals surface area contributed by atoms with Crippen LogP contribution in [0.3, 0.4) is 0 Å². The molecule has 0 nitrogen and oxygen atoms in total. The Kier molecular flexibility index (Phi) is 2.49. The van der Waals surface area contributed by atoms with Gasteiger partial charge in [0, 0.05) is 5.92 Å². The van der Waals surface area contributed by atoms with Crippen molar-refractivity contribution in [3.8, 4) is 11.1 Å². The van der Waals surface area contributed by atoms with E-state index in [1.807, 2.05) is 0 Å². The van der Waals surface area contributed by atoms with Crippen LogP contribution in [0.15, 0.2) is 54.6 Å². The number of rotatable bonds is 2. The second-order valence-electron chi connectivity index (χ2n) is 4.40. The standard InChI is InChI=1S/C16H15/c1-2-5-13(6-3-1)15-9-11-16(12-10-15)14-7-4-8-14/h1-3,5-6,9-12H,4,7-8H2. The summed E-state index contributed by atoms with van der Waals surface area (Å²) in [6.45, 7) is 0. The minimum absolute atomic E-state index is 1.30. The lowest BCUT2D eigenvalue weighted by Crippen LogP contribution is -2.09. The first kappa shape index (κ1) is 9.65. The van der Waals surface area contributed by atoms with Crippen LogP contribution < -0.4 is 0 Å².